The molecule has 228 valence electrons. The second-order valence-corrected chi connectivity index (χ2v) is 12.6. The number of carbonyl (C=O) groups excluding carboxylic acids is 1. The number of hydrogen-bond acceptors (Lipinski definition) is 7. The van der Waals surface area contributed by atoms with Crippen molar-refractivity contribution in [2.75, 3.05) is 33.0 Å². The van der Waals surface area contributed by atoms with E-state index in [9.17, 15) is 4.79 Å². The van der Waals surface area contributed by atoms with Gasteiger partial charge in [-0.15, -0.1) is 0 Å². The van der Waals surface area contributed by atoms with E-state index in [-0.39, 0.29) is 5.91 Å². The summed E-state index contributed by atoms with van der Waals surface area (Å²) in [7, 11) is -2.48. The second-order valence-electron chi connectivity index (χ2n) is 9.89. The smallest absolute Gasteiger partial charge is 0.493 e. The zero-order valence-electron chi connectivity index (χ0n) is 25.4. The minimum absolute atomic E-state index is 0.0309. The van der Waals surface area contributed by atoms with Crippen LogP contribution in [0, 0.1) is 0 Å². The van der Waals surface area contributed by atoms with Gasteiger partial charge in [0.1, 0.15) is 5.75 Å². The highest BCUT2D eigenvalue weighted by atomic mass is 28.4. The SMILES string of the molecule is CCO[Si](CCCCCCCCCCCNC(=O)CCOc1ccc(N=Nc2ccccc2)cc1)(OCC)OCC. The van der Waals surface area contributed by atoms with Gasteiger partial charge >= 0.3 is 8.80 Å². The predicted molar refractivity (Wildman–Crippen MR) is 167 cm³/mol. The molecule has 0 aromatic heterocycles. The quantitative estimate of drug-likeness (QED) is 0.0757. The van der Waals surface area contributed by atoms with Crippen LogP contribution in [0.2, 0.25) is 6.04 Å². The van der Waals surface area contributed by atoms with Crippen molar-refractivity contribution < 1.29 is 22.8 Å². The van der Waals surface area contributed by atoms with Crippen LogP contribution in [-0.2, 0) is 18.1 Å². The largest absolute Gasteiger partial charge is 0.500 e. The molecule has 0 atom stereocenters. The van der Waals surface area contributed by atoms with Crippen LogP contribution in [0.1, 0.15) is 85.0 Å². The summed E-state index contributed by atoms with van der Waals surface area (Å²) in [4.78, 5) is 12.1. The Kier molecular flexibility index (Phi) is 18.6. The number of amides is 1. The lowest BCUT2D eigenvalue weighted by atomic mass is 10.1. The summed E-state index contributed by atoms with van der Waals surface area (Å²) < 4.78 is 23.5. The van der Waals surface area contributed by atoms with E-state index in [1.54, 1.807) is 0 Å². The molecule has 0 heterocycles. The third kappa shape index (κ3) is 15.8. The maximum Gasteiger partial charge on any atom is 0.500 e. The van der Waals surface area contributed by atoms with Crippen molar-refractivity contribution >= 4 is 26.1 Å². The van der Waals surface area contributed by atoms with Crippen LogP contribution in [0.4, 0.5) is 11.4 Å². The third-order valence-electron chi connectivity index (χ3n) is 6.55. The number of carbonyl (C=O) groups is 1. The van der Waals surface area contributed by atoms with Gasteiger partial charge in [-0.2, -0.15) is 10.2 Å². The average molecular weight is 586 g/mol. The van der Waals surface area contributed by atoms with Crippen molar-refractivity contribution in [2.45, 2.75) is 91.0 Å². The van der Waals surface area contributed by atoms with Crippen molar-refractivity contribution in [3.8, 4) is 5.75 Å². The van der Waals surface area contributed by atoms with Gasteiger partial charge in [0, 0.05) is 32.4 Å². The maximum atomic E-state index is 12.1. The standard InChI is InChI=1S/C32H51N3O5Si/c1-4-38-41(39-5-2,40-6-3)28-18-13-11-9-7-8-10-12-17-26-33-32(36)25-27-37-31-23-21-30(22-24-31)35-34-29-19-15-14-16-20-29/h14-16,19-24H,4-13,17-18,25-28H2,1-3H3,(H,33,36). The van der Waals surface area contributed by atoms with Gasteiger partial charge in [-0.3, -0.25) is 4.79 Å². The molecule has 41 heavy (non-hydrogen) atoms. The van der Waals surface area contributed by atoms with Crippen LogP contribution in [0.25, 0.3) is 0 Å². The summed E-state index contributed by atoms with van der Waals surface area (Å²) in [6.07, 6.45) is 11.1. The summed E-state index contributed by atoms with van der Waals surface area (Å²) in [5.74, 6) is 0.747. The first kappa shape index (κ1) is 34.6. The van der Waals surface area contributed by atoms with Gasteiger partial charge in [-0.05, 0) is 70.0 Å². The second kappa shape index (κ2) is 22.1. The first-order valence-corrected chi connectivity index (χ1v) is 17.4. The van der Waals surface area contributed by atoms with E-state index in [1.165, 1.54) is 38.5 Å². The van der Waals surface area contributed by atoms with E-state index < -0.39 is 8.80 Å². The number of ether oxygens (including phenoxy) is 1. The van der Waals surface area contributed by atoms with Crippen molar-refractivity contribution in [3.63, 3.8) is 0 Å². The minimum atomic E-state index is -2.48. The number of unbranched alkanes of at least 4 members (excludes halogenated alkanes) is 8. The van der Waals surface area contributed by atoms with Crippen LogP contribution in [0.5, 0.6) is 5.75 Å². The molecule has 2 rings (SSSR count). The Morgan fingerprint density at radius 2 is 1.20 bits per heavy atom. The molecule has 0 aliphatic rings. The Labute approximate surface area is 248 Å². The topological polar surface area (TPSA) is 90.7 Å². The molecule has 2 aromatic carbocycles. The molecule has 2 aromatic rings. The van der Waals surface area contributed by atoms with Crippen LogP contribution in [0.15, 0.2) is 64.8 Å². The Balaban J connectivity index is 1.43. The van der Waals surface area contributed by atoms with Gasteiger partial charge in [0.05, 0.1) is 24.4 Å². The fourth-order valence-electron chi connectivity index (χ4n) is 4.50. The van der Waals surface area contributed by atoms with Gasteiger partial charge in [0.2, 0.25) is 5.91 Å². The van der Waals surface area contributed by atoms with Crippen LogP contribution in [0.3, 0.4) is 0 Å². The molecule has 1 N–H and O–H groups in total. The summed E-state index contributed by atoms with van der Waals surface area (Å²) in [6.45, 7) is 9.03. The highest BCUT2D eigenvalue weighted by Crippen LogP contribution is 2.22. The fraction of sp³-hybridized carbons (Fsp3) is 0.594. The van der Waals surface area contributed by atoms with E-state index >= 15 is 0 Å². The summed E-state index contributed by atoms with van der Waals surface area (Å²) in [5.41, 5.74) is 1.56. The zero-order chi connectivity index (χ0) is 29.4. The molecule has 8 nitrogen and oxygen atoms in total. The van der Waals surface area contributed by atoms with Gasteiger partial charge in [-0.1, -0.05) is 63.1 Å². The molecule has 0 aliphatic carbocycles. The molecule has 0 unspecified atom stereocenters. The number of nitrogens with zero attached hydrogens (tertiary/aromatic N) is 2. The highest BCUT2D eigenvalue weighted by molar-refractivity contribution is 6.60. The number of rotatable bonds is 24. The first-order valence-electron chi connectivity index (χ1n) is 15.5. The van der Waals surface area contributed by atoms with E-state index in [0.29, 0.717) is 38.6 Å². The molecule has 9 heteroatoms. The van der Waals surface area contributed by atoms with Crippen LogP contribution < -0.4 is 10.1 Å². The molecule has 0 aliphatic heterocycles. The highest BCUT2D eigenvalue weighted by Gasteiger charge is 2.39. The number of hydrogen-bond donors (Lipinski definition) is 1. The molecular weight excluding hydrogens is 534 g/mol. The number of azo groups is 1. The molecule has 0 fully saturated rings. The lowest BCUT2D eigenvalue weighted by Gasteiger charge is -2.28. The van der Waals surface area contributed by atoms with Crippen molar-refractivity contribution in [1.29, 1.82) is 0 Å². The molecule has 0 spiro atoms. The van der Waals surface area contributed by atoms with E-state index in [0.717, 1.165) is 43.2 Å². The average Bonchev–Trinajstić information content (AvgIpc) is 2.98. The van der Waals surface area contributed by atoms with E-state index in [2.05, 4.69) is 15.5 Å². The Morgan fingerprint density at radius 3 is 1.76 bits per heavy atom. The van der Waals surface area contributed by atoms with Crippen molar-refractivity contribution in [3.05, 3.63) is 54.6 Å². The van der Waals surface area contributed by atoms with Crippen LogP contribution >= 0.6 is 0 Å². The van der Waals surface area contributed by atoms with Gasteiger partial charge < -0.3 is 23.3 Å². The molecular formula is C32H51N3O5Si. The van der Waals surface area contributed by atoms with Crippen molar-refractivity contribution in [2.24, 2.45) is 10.2 Å². The Hall–Kier alpha value is -2.59. The monoisotopic (exact) mass is 585 g/mol. The lowest BCUT2D eigenvalue weighted by molar-refractivity contribution is -0.121. The summed E-state index contributed by atoms with van der Waals surface area (Å²) in [6, 6.07) is 17.9. The van der Waals surface area contributed by atoms with Gasteiger partial charge in [0.15, 0.2) is 0 Å². The van der Waals surface area contributed by atoms with Gasteiger partial charge in [0.25, 0.3) is 0 Å². The fourth-order valence-corrected chi connectivity index (χ4v) is 7.19. The Morgan fingerprint density at radius 1 is 0.683 bits per heavy atom. The molecule has 0 saturated carbocycles. The molecule has 0 saturated heterocycles. The lowest BCUT2D eigenvalue weighted by Crippen LogP contribution is -2.45. The molecule has 1 amide bonds. The van der Waals surface area contributed by atoms with E-state index in [4.69, 9.17) is 18.0 Å². The summed E-state index contributed by atoms with van der Waals surface area (Å²) >= 11 is 0. The van der Waals surface area contributed by atoms with Crippen LogP contribution in [-0.4, -0.2) is 47.7 Å². The number of benzene rings is 2. The number of nitrogens with one attached hydrogen (secondary N) is 1. The third-order valence-corrected chi connectivity index (χ3v) is 9.70. The van der Waals surface area contributed by atoms with Gasteiger partial charge in [-0.25, -0.2) is 0 Å². The zero-order valence-corrected chi connectivity index (χ0v) is 26.4. The Bertz CT molecular complexity index is 943. The maximum absolute atomic E-state index is 12.1. The first-order chi connectivity index (χ1) is 20.1. The molecule has 0 radical (unpaired) electrons. The molecule has 0 bridgehead atoms. The normalized spacial score (nSPS) is 11.7. The minimum Gasteiger partial charge on any atom is -0.493 e. The van der Waals surface area contributed by atoms with Crippen molar-refractivity contribution in [1.82, 2.24) is 5.32 Å². The van der Waals surface area contributed by atoms with E-state index in [1.807, 2.05) is 75.4 Å². The predicted octanol–water partition coefficient (Wildman–Crippen LogP) is 8.55. The summed E-state index contributed by atoms with van der Waals surface area (Å²) in [5, 5.41) is 11.4.